The molecule has 2 amide bonds. The largest absolute Gasteiger partial charge is 0.344 e. The molecule has 0 spiro atoms. The number of benzene rings is 1. The maximum Gasteiger partial charge on any atom is 0.248 e. The Morgan fingerprint density at radius 1 is 1.12 bits per heavy atom. The highest BCUT2D eigenvalue weighted by Gasteiger charge is 2.24. The summed E-state index contributed by atoms with van der Waals surface area (Å²) in [5, 5.41) is 8.00. The number of amides is 2. The van der Waals surface area contributed by atoms with E-state index in [-0.39, 0.29) is 17.7 Å². The van der Waals surface area contributed by atoms with Crippen LogP contribution in [0, 0.1) is 26.7 Å². The van der Waals surface area contributed by atoms with Crippen molar-refractivity contribution >= 4 is 28.3 Å². The molecule has 0 unspecified atom stereocenters. The van der Waals surface area contributed by atoms with Gasteiger partial charge in [0.15, 0.2) is 5.13 Å². The molecule has 0 radical (unpaired) electrons. The first-order chi connectivity index (χ1) is 11.7. The lowest BCUT2D eigenvalue weighted by molar-refractivity contribution is -0.126. The van der Waals surface area contributed by atoms with Crippen LogP contribution in [0.3, 0.4) is 0 Å². The molecule has 0 bridgehead atoms. The van der Waals surface area contributed by atoms with Gasteiger partial charge in [-0.1, -0.05) is 31.5 Å². The number of nitrogens with one attached hydrogen (secondary N) is 2. The Kier molecular flexibility index (Phi) is 5.95. The topological polar surface area (TPSA) is 71.1 Å². The summed E-state index contributed by atoms with van der Waals surface area (Å²) in [6, 6.07) is 3.68. The first-order valence-electron chi connectivity index (χ1n) is 8.30. The molecule has 1 atom stereocenters. The Morgan fingerprint density at radius 2 is 1.72 bits per heavy atom. The number of thiazole rings is 1. The van der Waals surface area contributed by atoms with E-state index in [0.717, 1.165) is 11.3 Å². The van der Waals surface area contributed by atoms with Crippen LogP contribution in [0.15, 0.2) is 17.5 Å². The third-order valence-corrected chi connectivity index (χ3v) is 4.73. The van der Waals surface area contributed by atoms with E-state index in [1.54, 1.807) is 0 Å². The summed E-state index contributed by atoms with van der Waals surface area (Å²) in [6.45, 7) is 11.4. The van der Waals surface area contributed by atoms with E-state index in [4.69, 9.17) is 0 Å². The number of anilines is 1. The minimum Gasteiger partial charge on any atom is -0.344 e. The fraction of sp³-hybridized carbons (Fsp3) is 0.421. The molecule has 1 heterocycles. The molecule has 0 aliphatic rings. The molecule has 134 valence electrons. The van der Waals surface area contributed by atoms with Gasteiger partial charge in [-0.25, -0.2) is 4.98 Å². The number of carbonyl (C=O) groups excluding carboxylic acids is 2. The van der Waals surface area contributed by atoms with Crippen LogP contribution in [0.1, 0.15) is 37.5 Å². The van der Waals surface area contributed by atoms with Crippen LogP contribution < -0.4 is 10.6 Å². The van der Waals surface area contributed by atoms with Crippen molar-refractivity contribution in [1.82, 2.24) is 10.3 Å². The second-order valence-corrected chi connectivity index (χ2v) is 7.58. The number of carbonyl (C=O) groups is 2. The van der Waals surface area contributed by atoms with Gasteiger partial charge in [0.05, 0.1) is 5.69 Å². The average Bonchev–Trinajstić information content (AvgIpc) is 2.91. The van der Waals surface area contributed by atoms with Gasteiger partial charge in [-0.3, -0.25) is 9.59 Å². The first kappa shape index (κ1) is 19.1. The maximum atomic E-state index is 12.5. The van der Waals surface area contributed by atoms with Gasteiger partial charge in [0.2, 0.25) is 11.8 Å². The van der Waals surface area contributed by atoms with E-state index in [1.807, 2.05) is 19.2 Å². The van der Waals surface area contributed by atoms with Gasteiger partial charge in [0, 0.05) is 17.9 Å². The predicted molar refractivity (Wildman–Crippen MR) is 103 cm³/mol. The van der Waals surface area contributed by atoms with E-state index in [1.165, 1.54) is 35.0 Å². The normalized spacial score (nSPS) is 12.1. The van der Waals surface area contributed by atoms with Gasteiger partial charge in [-0.05, 0) is 37.8 Å². The Morgan fingerprint density at radius 3 is 2.24 bits per heavy atom. The highest BCUT2D eigenvalue weighted by molar-refractivity contribution is 7.14. The van der Waals surface area contributed by atoms with Crippen LogP contribution in [0.2, 0.25) is 0 Å². The molecular weight excluding hydrogens is 334 g/mol. The lowest BCUT2D eigenvalue weighted by Gasteiger charge is -2.20. The van der Waals surface area contributed by atoms with E-state index in [2.05, 4.69) is 48.5 Å². The van der Waals surface area contributed by atoms with Gasteiger partial charge in [-0.15, -0.1) is 11.3 Å². The molecule has 2 N–H and O–H groups in total. The SMILES string of the molecule is CC(=O)N[C@H](C(=O)Nc1nc(-c2c(C)cc(C)cc2C)cs1)C(C)C. The fourth-order valence-electron chi connectivity index (χ4n) is 2.97. The third kappa shape index (κ3) is 4.66. The van der Waals surface area contributed by atoms with Gasteiger partial charge >= 0.3 is 0 Å². The lowest BCUT2D eigenvalue weighted by atomic mass is 9.98. The fourth-order valence-corrected chi connectivity index (χ4v) is 3.67. The number of aryl methyl sites for hydroxylation is 3. The molecule has 1 aromatic carbocycles. The smallest absolute Gasteiger partial charge is 0.248 e. The molecular formula is C19H25N3O2S. The zero-order valence-electron chi connectivity index (χ0n) is 15.6. The summed E-state index contributed by atoms with van der Waals surface area (Å²) in [6.07, 6.45) is 0. The lowest BCUT2D eigenvalue weighted by Crippen LogP contribution is -2.46. The second kappa shape index (κ2) is 7.78. The van der Waals surface area contributed by atoms with Crippen molar-refractivity contribution in [3.05, 3.63) is 34.2 Å². The molecule has 0 aliphatic heterocycles. The zero-order valence-corrected chi connectivity index (χ0v) is 16.4. The van der Waals surface area contributed by atoms with Crippen molar-refractivity contribution in [1.29, 1.82) is 0 Å². The van der Waals surface area contributed by atoms with Crippen LogP contribution in [0.4, 0.5) is 5.13 Å². The average molecular weight is 359 g/mol. The van der Waals surface area contributed by atoms with Gasteiger partial charge in [0.25, 0.3) is 0 Å². The van der Waals surface area contributed by atoms with Crippen molar-refractivity contribution in [2.24, 2.45) is 5.92 Å². The molecule has 0 fully saturated rings. The second-order valence-electron chi connectivity index (χ2n) is 6.72. The van der Waals surface area contributed by atoms with Crippen molar-refractivity contribution < 1.29 is 9.59 Å². The highest BCUT2D eigenvalue weighted by atomic mass is 32.1. The molecule has 6 heteroatoms. The number of rotatable bonds is 5. The summed E-state index contributed by atoms with van der Waals surface area (Å²) >= 11 is 1.39. The Balaban J connectivity index is 2.22. The number of hydrogen-bond acceptors (Lipinski definition) is 4. The van der Waals surface area contributed by atoms with Gasteiger partial charge < -0.3 is 10.6 Å². The Bertz CT molecular complexity index is 773. The minimum absolute atomic E-state index is 0.00933. The zero-order chi connectivity index (χ0) is 18.7. The summed E-state index contributed by atoms with van der Waals surface area (Å²) in [7, 11) is 0. The molecule has 0 aliphatic carbocycles. The number of nitrogens with zero attached hydrogens (tertiary/aromatic N) is 1. The molecule has 0 saturated heterocycles. The van der Waals surface area contributed by atoms with Crippen LogP contribution >= 0.6 is 11.3 Å². The van der Waals surface area contributed by atoms with Gasteiger partial charge in [-0.2, -0.15) is 0 Å². The Labute approximate surface area is 152 Å². The summed E-state index contributed by atoms with van der Waals surface area (Å²) in [4.78, 5) is 28.3. The minimum atomic E-state index is -0.576. The predicted octanol–water partition coefficient (Wildman–Crippen LogP) is 3.83. The summed E-state index contributed by atoms with van der Waals surface area (Å²) in [5.74, 6) is -0.479. The van der Waals surface area contributed by atoms with Crippen molar-refractivity contribution in [3.63, 3.8) is 0 Å². The van der Waals surface area contributed by atoms with Gasteiger partial charge in [0.1, 0.15) is 6.04 Å². The molecule has 5 nitrogen and oxygen atoms in total. The number of hydrogen-bond donors (Lipinski definition) is 2. The van der Waals surface area contributed by atoms with Crippen LogP contribution in [-0.2, 0) is 9.59 Å². The van der Waals surface area contributed by atoms with E-state index in [0.29, 0.717) is 5.13 Å². The monoisotopic (exact) mass is 359 g/mol. The van der Waals surface area contributed by atoms with Crippen molar-refractivity contribution in [2.45, 2.75) is 47.6 Å². The van der Waals surface area contributed by atoms with Crippen LogP contribution in [-0.4, -0.2) is 22.8 Å². The summed E-state index contributed by atoms with van der Waals surface area (Å²) in [5.41, 5.74) is 5.51. The van der Waals surface area contributed by atoms with Crippen molar-refractivity contribution in [2.75, 3.05) is 5.32 Å². The molecule has 2 rings (SSSR count). The first-order valence-corrected chi connectivity index (χ1v) is 9.18. The maximum absolute atomic E-state index is 12.5. The van der Waals surface area contributed by atoms with Crippen molar-refractivity contribution in [3.8, 4) is 11.3 Å². The van der Waals surface area contributed by atoms with E-state index in [9.17, 15) is 9.59 Å². The van der Waals surface area contributed by atoms with E-state index < -0.39 is 6.04 Å². The number of aromatic nitrogens is 1. The molecule has 2 aromatic rings. The quantitative estimate of drug-likeness (QED) is 0.852. The van der Waals surface area contributed by atoms with E-state index >= 15 is 0 Å². The molecule has 0 saturated carbocycles. The molecule has 25 heavy (non-hydrogen) atoms. The Hall–Kier alpha value is -2.21. The molecule has 1 aromatic heterocycles. The summed E-state index contributed by atoms with van der Waals surface area (Å²) < 4.78 is 0. The van der Waals surface area contributed by atoms with Crippen LogP contribution in [0.25, 0.3) is 11.3 Å². The highest BCUT2D eigenvalue weighted by Crippen LogP contribution is 2.31. The third-order valence-electron chi connectivity index (χ3n) is 3.98. The standard InChI is InChI=1S/C19H25N3O2S/c1-10(2)17(20-14(6)23)18(24)22-19-21-15(9-25-19)16-12(4)7-11(3)8-13(16)5/h7-10,17H,1-6H3,(H,20,23)(H,21,22,24)/t17-/m0/s1. The van der Waals surface area contributed by atoms with Crippen LogP contribution in [0.5, 0.6) is 0 Å².